The number of nitrogens with zero attached hydrogens (tertiary/aromatic N) is 1. The number of carbonyl (C=O) groups excluding carboxylic acids is 1. The zero-order chi connectivity index (χ0) is 13.4. The number of hydrogen-bond acceptors (Lipinski definition) is 2. The van der Waals surface area contributed by atoms with Gasteiger partial charge in [0.1, 0.15) is 5.15 Å². The van der Waals surface area contributed by atoms with E-state index in [1.165, 1.54) is 0 Å². The maximum absolute atomic E-state index is 11.7. The largest absolute Gasteiger partial charge is 0.366 e. The summed E-state index contributed by atoms with van der Waals surface area (Å²) in [6.45, 7) is 3.88. The Morgan fingerprint density at radius 3 is 2.72 bits per heavy atom. The smallest absolute Gasteiger partial charge is 0.249 e. The standard InChI is InChI=1S/C13H12BrClN2O/c1-3-7-10(13(16)18)8-4-6(2)5-9(14)11(8)17-12(7)15/h4-5H,3H2,1-2H3,(H2,16,18). The van der Waals surface area contributed by atoms with Crippen molar-refractivity contribution in [3.05, 3.63) is 38.4 Å². The number of nitrogens with two attached hydrogens (primary N) is 1. The van der Waals surface area contributed by atoms with Crippen molar-refractivity contribution in [2.75, 3.05) is 0 Å². The second-order valence-electron chi connectivity index (χ2n) is 4.12. The highest BCUT2D eigenvalue weighted by Gasteiger charge is 2.18. The van der Waals surface area contributed by atoms with Gasteiger partial charge in [0.2, 0.25) is 5.91 Å². The fourth-order valence-corrected chi connectivity index (χ4v) is 3.05. The molecule has 5 heteroatoms. The molecule has 2 aromatic rings. The Bertz CT molecular complexity index is 655. The summed E-state index contributed by atoms with van der Waals surface area (Å²) in [5.41, 5.74) is 8.35. The second kappa shape index (κ2) is 4.86. The molecule has 0 atom stereocenters. The van der Waals surface area contributed by atoms with Gasteiger partial charge in [-0.3, -0.25) is 4.79 Å². The first-order valence-corrected chi connectivity index (χ1v) is 6.70. The zero-order valence-electron chi connectivity index (χ0n) is 10.1. The van der Waals surface area contributed by atoms with Crippen LogP contribution in [0.25, 0.3) is 10.9 Å². The lowest BCUT2D eigenvalue weighted by molar-refractivity contribution is 0.100. The Hall–Kier alpha value is -1.13. The third-order valence-corrected chi connectivity index (χ3v) is 3.75. The molecule has 18 heavy (non-hydrogen) atoms. The summed E-state index contributed by atoms with van der Waals surface area (Å²) in [5.74, 6) is -0.473. The highest BCUT2D eigenvalue weighted by molar-refractivity contribution is 9.10. The molecular formula is C13H12BrClN2O. The van der Waals surface area contributed by atoms with Crippen molar-refractivity contribution in [3.8, 4) is 0 Å². The van der Waals surface area contributed by atoms with E-state index in [0.29, 0.717) is 28.2 Å². The van der Waals surface area contributed by atoms with Gasteiger partial charge in [0.25, 0.3) is 0 Å². The molecule has 1 aromatic carbocycles. The number of primary amides is 1. The van der Waals surface area contributed by atoms with Crippen LogP contribution in [0.5, 0.6) is 0 Å². The summed E-state index contributed by atoms with van der Waals surface area (Å²) in [4.78, 5) is 16.0. The highest BCUT2D eigenvalue weighted by Crippen LogP contribution is 2.32. The summed E-state index contributed by atoms with van der Waals surface area (Å²) in [6, 6.07) is 3.84. The number of rotatable bonds is 2. The van der Waals surface area contributed by atoms with Crippen molar-refractivity contribution in [1.82, 2.24) is 4.98 Å². The van der Waals surface area contributed by atoms with E-state index in [9.17, 15) is 4.79 Å². The van der Waals surface area contributed by atoms with Crippen molar-refractivity contribution in [1.29, 1.82) is 0 Å². The molecule has 1 amide bonds. The third-order valence-electron chi connectivity index (χ3n) is 2.84. The molecule has 0 aliphatic rings. The molecule has 0 aliphatic heterocycles. The molecule has 1 aromatic heterocycles. The fourth-order valence-electron chi connectivity index (χ4n) is 2.07. The summed E-state index contributed by atoms with van der Waals surface area (Å²) < 4.78 is 0.810. The fraction of sp³-hybridized carbons (Fsp3) is 0.231. The van der Waals surface area contributed by atoms with E-state index in [1.807, 2.05) is 26.0 Å². The van der Waals surface area contributed by atoms with E-state index in [1.54, 1.807) is 0 Å². The van der Waals surface area contributed by atoms with Gasteiger partial charge < -0.3 is 5.73 Å². The van der Waals surface area contributed by atoms with Crippen molar-refractivity contribution in [2.45, 2.75) is 20.3 Å². The first kappa shape index (κ1) is 13.3. The zero-order valence-corrected chi connectivity index (χ0v) is 12.4. The van der Waals surface area contributed by atoms with Crippen LogP contribution in [0.1, 0.15) is 28.4 Å². The quantitative estimate of drug-likeness (QED) is 0.856. The van der Waals surface area contributed by atoms with E-state index in [0.717, 1.165) is 15.4 Å². The van der Waals surface area contributed by atoms with Crippen LogP contribution in [0, 0.1) is 6.92 Å². The molecular weight excluding hydrogens is 316 g/mol. The van der Waals surface area contributed by atoms with Crippen molar-refractivity contribution >= 4 is 44.3 Å². The van der Waals surface area contributed by atoms with Crippen LogP contribution in [0.3, 0.4) is 0 Å². The maximum atomic E-state index is 11.7. The van der Waals surface area contributed by atoms with Gasteiger partial charge in [-0.25, -0.2) is 4.98 Å². The number of pyridine rings is 1. The summed E-state index contributed by atoms with van der Waals surface area (Å²) in [7, 11) is 0. The Morgan fingerprint density at radius 2 is 2.17 bits per heavy atom. The lowest BCUT2D eigenvalue weighted by Gasteiger charge is -2.12. The highest BCUT2D eigenvalue weighted by atomic mass is 79.9. The molecule has 3 nitrogen and oxygen atoms in total. The van der Waals surface area contributed by atoms with Crippen molar-refractivity contribution < 1.29 is 4.79 Å². The third kappa shape index (κ3) is 2.10. The number of aromatic nitrogens is 1. The molecule has 0 unspecified atom stereocenters. The number of hydrogen-bond donors (Lipinski definition) is 1. The van der Waals surface area contributed by atoms with Gasteiger partial charge in [-0.1, -0.05) is 18.5 Å². The summed E-state index contributed by atoms with van der Waals surface area (Å²) >= 11 is 9.56. The summed E-state index contributed by atoms with van der Waals surface area (Å²) in [5, 5.41) is 1.08. The Balaban J connectivity index is 3.01. The van der Waals surface area contributed by atoms with Gasteiger partial charge in [-0.05, 0) is 47.0 Å². The molecule has 0 bridgehead atoms. The molecule has 1 heterocycles. The van der Waals surface area contributed by atoms with E-state index < -0.39 is 5.91 Å². The minimum Gasteiger partial charge on any atom is -0.366 e. The average Bonchev–Trinajstić information content (AvgIpc) is 2.28. The molecule has 94 valence electrons. The maximum Gasteiger partial charge on any atom is 0.249 e. The van der Waals surface area contributed by atoms with E-state index in [2.05, 4.69) is 20.9 Å². The number of aryl methyl sites for hydroxylation is 1. The minimum absolute atomic E-state index is 0.336. The van der Waals surface area contributed by atoms with Gasteiger partial charge >= 0.3 is 0 Å². The number of benzene rings is 1. The van der Waals surface area contributed by atoms with E-state index >= 15 is 0 Å². The van der Waals surface area contributed by atoms with Crippen LogP contribution in [0.2, 0.25) is 5.15 Å². The Morgan fingerprint density at radius 1 is 1.50 bits per heavy atom. The lowest BCUT2D eigenvalue weighted by atomic mass is 10.00. The Labute approximate surface area is 118 Å². The number of fused-ring (bicyclic) bond motifs is 1. The monoisotopic (exact) mass is 326 g/mol. The Kier molecular flexibility index (Phi) is 3.59. The molecule has 2 rings (SSSR count). The van der Waals surface area contributed by atoms with Crippen LogP contribution in [0.4, 0.5) is 0 Å². The van der Waals surface area contributed by atoms with E-state index in [-0.39, 0.29) is 0 Å². The molecule has 0 radical (unpaired) electrons. The van der Waals surface area contributed by atoms with Crippen LogP contribution in [-0.2, 0) is 6.42 Å². The van der Waals surface area contributed by atoms with Crippen molar-refractivity contribution in [2.24, 2.45) is 5.73 Å². The molecule has 0 aliphatic carbocycles. The van der Waals surface area contributed by atoms with Crippen LogP contribution >= 0.6 is 27.5 Å². The first-order valence-electron chi connectivity index (χ1n) is 5.53. The minimum atomic E-state index is -0.473. The van der Waals surface area contributed by atoms with Gasteiger partial charge in [0.15, 0.2) is 0 Å². The number of halogens is 2. The van der Waals surface area contributed by atoms with Crippen molar-refractivity contribution in [3.63, 3.8) is 0 Å². The van der Waals surface area contributed by atoms with Gasteiger partial charge in [0, 0.05) is 15.4 Å². The molecule has 0 fully saturated rings. The predicted molar refractivity (Wildman–Crippen MR) is 77.1 cm³/mol. The molecule has 0 saturated carbocycles. The van der Waals surface area contributed by atoms with Crippen LogP contribution in [-0.4, -0.2) is 10.9 Å². The molecule has 0 saturated heterocycles. The SMILES string of the molecule is CCc1c(Cl)nc2c(Br)cc(C)cc2c1C(N)=O. The number of amides is 1. The summed E-state index contributed by atoms with van der Waals surface area (Å²) in [6.07, 6.45) is 0.617. The van der Waals surface area contributed by atoms with Gasteiger partial charge in [-0.2, -0.15) is 0 Å². The molecule has 0 spiro atoms. The topological polar surface area (TPSA) is 56.0 Å². The lowest BCUT2D eigenvalue weighted by Crippen LogP contribution is -2.15. The average molecular weight is 328 g/mol. The normalized spacial score (nSPS) is 10.9. The van der Waals surface area contributed by atoms with Gasteiger partial charge in [0.05, 0.1) is 11.1 Å². The van der Waals surface area contributed by atoms with Crippen LogP contribution < -0.4 is 5.73 Å². The van der Waals surface area contributed by atoms with Gasteiger partial charge in [-0.15, -0.1) is 0 Å². The van der Waals surface area contributed by atoms with Crippen LogP contribution in [0.15, 0.2) is 16.6 Å². The second-order valence-corrected chi connectivity index (χ2v) is 5.33. The first-order chi connectivity index (χ1) is 8.45. The molecule has 2 N–H and O–H groups in total. The predicted octanol–water partition coefficient (Wildman–Crippen LogP) is 3.62. The van der Waals surface area contributed by atoms with E-state index in [4.69, 9.17) is 17.3 Å². The number of carbonyl (C=O) groups is 1.